The predicted molar refractivity (Wildman–Crippen MR) is 155 cm³/mol. The molecule has 220 valence electrons. The van der Waals surface area contributed by atoms with E-state index in [1.807, 2.05) is 67.4 Å². The number of hydrogen-bond donors (Lipinski definition) is 0. The second kappa shape index (κ2) is 9.57. The molecule has 0 saturated carbocycles. The Morgan fingerprint density at radius 1 is 0.952 bits per heavy atom. The van der Waals surface area contributed by atoms with Gasteiger partial charge in [0.05, 0.1) is 30.4 Å². The fourth-order valence-electron chi connectivity index (χ4n) is 7.20. The van der Waals surface area contributed by atoms with E-state index in [4.69, 9.17) is 28.4 Å². The van der Waals surface area contributed by atoms with E-state index in [9.17, 15) is 9.59 Å². The standard InChI is InChI=1S/C32H32BrNO8/c1-30(2)38-16-21(40-30)26-32(27-29(39-26)42-31(3,4)41-27)22(28(36)37-5)23-20-9-7-6-8-17(20)14-15-34(23)25(32)24(35)18-10-12-19(33)13-11-18/h6-15,21,25-27,29H,16H2,1-5H3/t21-,25+,26-,27+,29-,32-/m1/s1. The molecule has 2 aromatic rings. The third-order valence-electron chi connectivity index (χ3n) is 8.70. The Hall–Kier alpha value is -2.86. The molecule has 0 N–H and O–H groups in total. The van der Waals surface area contributed by atoms with Gasteiger partial charge in [0.15, 0.2) is 23.6 Å². The van der Waals surface area contributed by atoms with Gasteiger partial charge in [0.1, 0.15) is 24.4 Å². The van der Waals surface area contributed by atoms with E-state index in [0.717, 1.165) is 15.6 Å². The van der Waals surface area contributed by atoms with Gasteiger partial charge in [-0.05, 0) is 51.5 Å². The topological polar surface area (TPSA) is 92.8 Å². The maximum absolute atomic E-state index is 14.9. The van der Waals surface area contributed by atoms with Gasteiger partial charge >= 0.3 is 5.97 Å². The minimum Gasteiger partial charge on any atom is -0.466 e. The summed E-state index contributed by atoms with van der Waals surface area (Å²) in [6, 6.07) is 14.0. The molecule has 10 heteroatoms. The van der Waals surface area contributed by atoms with E-state index in [1.54, 1.807) is 26.0 Å². The number of fused-ring (bicyclic) bond motifs is 5. The quantitative estimate of drug-likeness (QED) is 0.343. The van der Waals surface area contributed by atoms with Crippen molar-refractivity contribution in [2.75, 3.05) is 13.7 Å². The lowest BCUT2D eigenvalue weighted by Crippen LogP contribution is -2.60. The molecule has 0 bridgehead atoms. The van der Waals surface area contributed by atoms with Gasteiger partial charge in [-0.3, -0.25) is 4.79 Å². The van der Waals surface area contributed by atoms with E-state index in [1.165, 1.54) is 7.11 Å². The molecule has 0 aliphatic carbocycles. The molecule has 5 aliphatic rings. The summed E-state index contributed by atoms with van der Waals surface area (Å²) in [7, 11) is 1.35. The van der Waals surface area contributed by atoms with Gasteiger partial charge in [0.2, 0.25) is 0 Å². The number of rotatable bonds is 4. The van der Waals surface area contributed by atoms with Crippen molar-refractivity contribution in [3.8, 4) is 0 Å². The number of ether oxygens (including phenoxy) is 6. The number of carbonyl (C=O) groups is 2. The van der Waals surface area contributed by atoms with Crippen molar-refractivity contribution >= 4 is 39.5 Å². The Bertz CT molecular complexity index is 1530. The first-order valence-corrected chi connectivity index (χ1v) is 14.8. The minimum absolute atomic E-state index is 0.192. The molecule has 7 rings (SSSR count). The maximum atomic E-state index is 14.9. The fourth-order valence-corrected chi connectivity index (χ4v) is 7.47. The second-order valence-electron chi connectivity index (χ2n) is 12.1. The van der Waals surface area contributed by atoms with Crippen LogP contribution in [0.3, 0.4) is 0 Å². The molecule has 9 nitrogen and oxygen atoms in total. The van der Waals surface area contributed by atoms with E-state index in [-0.39, 0.29) is 12.4 Å². The zero-order chi connectivity index (χ0) is 29.6. The summed E-state index contributed by atoms with van der Waals surface area (Å²) < 4.78 is 38.3. The van der Waals surface area contributed by atoms with Crippen LogP contribution in [0.5, 0.6) is 0 Å². The smallest absolute Gasteiger partial charge is 0.336 e. The summed E-state index contributed by atoms with van der Waals surface area (Å²) >= 11 is 3.47. The Labute approximate surface area is 252 Å². The van der Waals surface area contributed by atoms with Crippen LogP contribution in [0.1, 0.15) is 49.2 Å². The van der Waals surface area contributed by atoms with Crippen LogP contribution >= 0.6 is 15.9 Å². The molecule has 42 heavy (non-hydrogen) atoms. The first-order chi connectivity index (χ1) is 20.0. The molecule has 0 unspecified atom stereocenters. The number of methoxy groups -OCH3 is 1. The highest BCUT2D eigenvalue weighted by Crippen LogP contribution is 2.63. The number of benzene rings is 2. The lowest BCUT2D eigenvalue weighted by molar-refractivity contribution is -0.235. The van der Waals surface area contributed by atoms with Crippen molar-refractivity contribution in [1.82, 2.24) is 4.90 Å². The van der Waals surface area contributed by atoms with Gasteiger partial charge in [-0.1, -0.05) is 52.3 Å². The average molecular weight is 639 g/mol. The van der Waals surface area contributed by atoms with Gasteiger partial charge in [-0.2, -0.15) is 0 Å². The lowest BCUT2D eigenvalue weighted by atomic mass is 9.65. The Morgan fingerprint density at radius 2 is 1.69 bits per heavy atom. The molecular formula is C32H32BrNO8. The van der Waals surface area contributed by atoms with Crippen LogP contribution in [0.15, 0.2) is 64.8 Å². The highest BCUT2D eigenvalue weighted by Gasteiger charge is 2.76. The Kier molecular flexibility index (Phi) is 6.37. The zero-order valence-corrected chi connectivity index (χ0v) is 25.5. The monoisotopic (exact) mass is 637 g/mol. The van der Waals surface area contributed by atoms with E-state index in [0.29, 0.717) is 16.8 Å². The van der Waals surface area contributed by atoms with E-state index < -0.39 is 53.6 Å². The summed E-state index contributed by atoms with van der Waals surface area (Å²) in [4.78, 5) is 30.9. The van der Waals surface area contributed by atoms with Crippen LogP contribution < -0.4 is 0 Å². The number of Topliss-reactive ketones (excluding diaryl/α,β-unsaturated/α-hetero) is 1. The van der Waals surface area contributed by atoms with Gasteiger partial charge in [-0.15, -0.1) is 0 Å². The molecule has 3 saturated heterocycles. The summed E-state index contributed by atoms with van der Waals surface area (Å²) in [6.07, 6.45) is 0.591. The molecular weight excluding hydrogens is 606 g/mol. The summed E-state index contributed by atoms with van der Waals surface area (Å²) in [6.45, 7) is 7.43. The lowest BCUT2D eigenvalue weighted by Gasteiger charge is -2.43. The van der Waals surface area contributed by atoms with Crippen molar-refractivity contribution in [2.24, 2.45) is 5.41 Å². The summed E-state index contributed by atoms with van der Waals surface area (Å²) in [5.41, 5.74) is 1.66. The van der Waals surface area contributed by atoms with Crippen molar-refractivity contribution in [3.63, 3.8) is 0 Å². The van der Waals surface area contributed by atoms with Crippen LogP contribution in [-0.4, -0.2) is 72.6 Å². The maximum Gasteiger partial charge on any atom is 0.336 e. The number of carbonyl (C=O) groups excluding carboxylic acids is 2. The molecule has 5 heterocycles. The molecule has 5 aliphatic heterocycles. The highest BCUT2D eigenvalue weighted by atomic mass is 79.9. The SMILES string of the molecule is COC(=O)C1=C2c3ccccc3C=CN2[C@@H](C(=O)c2ccc(Br)cc2)[C@@]12[C@@H]([C@H]1COC(C)(C)O1)O[C@@H]1OC(C)(C)O[C@@H]12. The van der Waals surface area contributed by atoms with Gasteiger partial charge < -0.3 is 33.3 Å². The van der Waals surface area contributed by atoms with E-state index in [2.05, 4.69) is 15.9 Å². The molecule has 0 aromatic heterocycles. The zero-order valence-electron chi connectivity index (χ0n) is 24.0. The normalized spacial score (nSPS) is 33.6. The second-order valence-corrected chi connectivity index (χ2v) is 13.0. The van der Waals surface area contributed by atoms with Crippen molar-refractivity contribution in [2.45, 2.75) is 69.9 Å². The number of halogens is 1. The molecule has 2 aromatic carbocycles. The van der Waals surface area contributed by atoms with Gasteiger partial charge in [-0.25, -0.2) is 4.79 Å². The molecule has 1 spiro atoms. The van der Waals surface area contributed by atoms with Crippen LogP contribution in [0, 0.1) is 5.41 Å². The highest BCUT2D eigenvalue weighted by molar-refractivity contribution is 9.10. The third kappa shape index (κ3) is 4.00. The predicted octanol–water partition coefficient (Wildman–Crippen LogP) is 4.90. The first kappa shape index (κ1) is 27.9. The van der Waals surface area contributed by atoms with Crippen LogP contribution in [0.4, 0.5) is 0 Å². The van der Waals surface area contributed by atoms with Crippen LogP contribution in [0.2, 0.25) is 0 Å². The van der Waals surface area contributed by atoms with Crippen molar-refractivity contribution in [3.05, 3.63) is 81.5 Å². The first-order valence-electron chi connectivity index (χ1n) is 14.0. The Morgan fingerprint density at radius 3 is 2.38 bits per heavy atom. The average Bonchev–Trinajstić information content (AvgIpc) is 3.65. The molecule has 0 amide bonds. The van der Waals surface area contributed by atoms with Crippen LogP contribution in [0.25, 0.3) is 11.8 Å². The van der Waals surface area contributed by atoms with Gasteiger partial charge in [0.25, 0.3) is 0 Å². The number of nitrogens with zero attached hydrogens (tertiary/aromatic N) is 1. The van der Waals surface area contributed by atoms with Crippen molar-refractivity contribution < 1.29 is 38.0 Å². The number of hydrogen-bond acceptors (Lipinski definition) is 9. The number of ketones is 1. The Balaban J connectivity index is 1.53. The molecule has 0 radical (unpaired) electrons. The third-order valence-corrected chi connectivity index (χ3v) is 9.23. The van der Waals surface area contributed by atoms with Crippen molar-refractivity contribution in [1.29, 1.82) is 0 Å². The van der Waals surface area contributed by atoms with E-state index >= 15 is 0 Å². The summed E-state index contributed by atoms with van der Waals surface area (Å²) in [5.74, 6) is -2.71. The number of esters is 1. The summed E-state index contributed by atoms with van der Waals surface area (Å²) in [5, 5.41) is 0. The largest absolute Gasteiger partial charge is 0.466 e. The van der Waals surface area contributed by atoms with Gasteiger partial charge in [0, 0.05) is 21.8 Å². The molecule has 3 fully saturated rings. The van der Waals surface area contributed by atoms with Crippen LogP contribution in [-0.2, 0) is 33.2 Å². The molecule has 6 atom stereocenters. The fraction of sp³-hybridized carbons (Fsp3) is 0.438. The minimum atomic E-state index is -1.40.